The third kappa shape index (κ3) is 53.5. The Morgan fingerprint density at radius 1 is 0.431 bits per heavy atom. The molecule has 0 bridgehead atoms. The van der Waals surface area contributed by atoms with Crippen LogP contribution in [-0.2, 0) is 33.3 Å². The van der Waals surface area contributed by atoms with Gasteiger partial charge < -0.3 is 28.5 Å². The number of carboxylic acid groups (broad SMARTS) is 1. The monoisotopic (exact) mass is 1000 g/mol. The van der Waals surface area contributed by atoms with Crippen molar-refractivity contribution >= 4 is 17.9 Å². The third-order valence-electron chi connectivity index (χ3n) is 11.5. The largest absolute Gasteiger partial charge is 0.477 e. The molecule has 0 aromatic carbocycles. The lowest BCUT2D eigenvalue weighted by molar-refractivity contribution is -0.870. The van der Waals surface area contributed by atoms with E-state index in [2.05, 4.69) is 135 Å². The first-order chi connectivity index (χ1) is 35.1. The molecule has 0 rings (SSSR count). The van der Waals surface area contributed by atoms with E-state index in [1.165, 1.54) is 38.5 Å². The molecule has 0 saturated carbocycles. The predicted molar refractivity (Wildman–Crippen MR) is 304 cm³/mol. The van der Waals surface area contributed by atoms with Crippen LogP contribution >= 0.6 is 0 Å². The molecule has 0 aliphatic heterocycles. The van der Waals surface area contributed by atoms with Gasteiger partial charge in [0, 0.05) is 12.8 Å². The van der Waals surface area contributed by atoms with Crippen LogP contribution < -0.4 is 0 Å². The lowest BCUT2D eigenvalue weighted by atomic mass is 10.1. The Hall–Kier alpha value is -4.31. The second kappa shape index (κ2) is 53.0. The molecule has 72 heavy (non-hydrogen) atoms. The summed E-state index contributed by atoms with van der Waals surface area (Å²) >= 11 is 0. The summed E-state index contributed by atoms with van der Waals surface area (Å²) in [5.41, 5.74) is 0. The molecule has 408 valence electrons. The number of rotatable bonds is 50. The maximum Gasteiger partial charge on any atom is 0.361 e. The SMILES string of the molecule is CC/C=C\C/C=C\C/C=C\C/C=C\C/C=C\C/C=C\C/C=C\C/C=C\CCCCCCCCCCC(=O)OC(COC(=O)CCCCCCC/C=C\C/C=C\CCCC)COC(OCC[N+](C)(C)C)C(=O)O. The molecule has 9 heteroatoms. The van der Waals surface area contributed by atoms with Crippen LogP contribution in [0.15, 0.2) is 122 Å². The molecule has 0 saturated heterocycles. The first-order valence-corrected chi connectivity index (χ1v) is 28.2. The number of hydrogen-bond donors (Lipinski definition) is 1. The van der Waals surface area contributed by atoms with E-state index in [1.54, 1.807) is 0 Å². The summed E-state index contributed by atoms with van der Waals surface area (Å²) in [4.78, 5) is 37.3. The Labute approximate surface area is 440 Å². The number of carbonyl (C=O) groups excluding carboxylic acids is 2. The van der Waals surface area contributed by atoms with Crippen molar-refractivity contribution in [3.05, 3.63) is 122 Å². The van der Waals surface area contributed by atoms with Gasteiger partial charge in [-0.3, -0.25) is 9.59 Å². The fourth-order valence-corrected chi connectivity index (χ4v) is 7.10. The Morgan fingerprint density at radius 3 is 1.18 bits per heavy atom. The highest BCUT2D eigenvalue weighted by Gasteiger charge is 2.25. The number of ether oxygens (including phenoxy) is 4. The molecule has 2 unspecified atom stereocenters. The van der Waals surface area contributed by atoms with Crippen LogP contribution in [0.2, 0.25) is 0 Å². The smallest absolute Gasteiger partial charge is 0.361 e. The number of esters is 2. The molecule has 0 heterocycles. The van der Waals surface area contributed by atoms with Crippen LogP contribution in [0.25, 0.3) is 0 Å². The number of unbranched alkanes of at least 4 members (excludes halogenated alkanes) is 15. The minimum Gasteiger partial charge on any atom is -0.477 e. The van der Waals surface area contributed by atoms with Crippen molar-refractivity contribution in [1.82, 2.24) is 0 Å². The normalized spacial score (nSPS) is 13.7. The maximum absolute atomic E-state index is 12.9. The van der Waals surface area contributed by atoms with Crippen LogP contribution in [0.1, 0.15) is 200 Å². The summed E-state index contributed by atoms with van der Waals surface area (Å²) in [7, 11) is 5.95. The number of nitrogens with zero attached hydrogens (tertiary/aromatic N) is 1. The molecule has 0 aliphatic carbocycles. The molecule has 0 aromatic heterocycles. The van der Waals surface area contributed by atoms with Gasteiger partial charge in [0.15, 0.2) is 6.10 Å². The van der Waals surface area contributed by atoms with Gasteiger partial charge in [0.05, 0.1) is 34.4 Å². The lowest BCUT2D eigenvalue weighted by Gasteiger charge is -2.25. The molecular formula is C63H104NO8+. The molecule has 2 atom stereocenters. The van der Waals surface area contributed by atoms with Crippen molar-refractivity contribution in [2.75, 3.05) is 47.5 Å². The van der Waals surface area contributed by atoms with Crippen molar-refractivity contribution in [2.45, 2.75) is 212 Å². The molecule has 1 N–H and O–H groups in total. The van der Waals surface area contributed by atoms with Crippen molar-refractivity contribution in [1.29, 1.82) is 0 Å². The Morgan fingerprint density at radius 2 is 0.792 bits per heavy atom. The van der Waals surface area contributed by atoms with E-state index in [4.69, 9.17) is 18.9 Å². The van der Waals surface area contributed by atoms with Gasteiger partial charge in [-0.1, -0.05) is 206 Å². The Kier molecular flexibility index (Phi) is 49.8. The Balaban J connectivity index is 4.26. The first-order valence-electron chi connectivity index (χ1n) is 28.2. The van der Waals surface area contributed by atoms with Gasteiger partial charge in [-0.25, -0.2) is 4.79 Å². The molecule has 0 radical (unpaired) electrons. The van der Waals surface area contributed by atoms with Gasteiger partial charge in [-0.15, -0.1) is 0 Å². The summed E-state index contributed by atoms with van der Waals surface area (Å²) < 4.78 is 22.8. The van der Waals surface area contributed by atoms with Crippen molar-refractivity contribution < 1.29 is 42.9 Å². The summed E-state index contributed by atoms with van der Waals surface area (Å²) in [5.74, 6) is -2.05. The molecule has 9 nitrogen and oxygen atoms in total. The zero-order valence-corrected chi connectivity index (χ0v) is 46.3. The zero-order chi connectivity index (χ0) is 52.7. The van der Waals surface area contributed by atoms with E-state index in [0.717, 1.165) is 128 Å². The van der Waals surface area contributed by atoms with Crippen molar-refractivity contribution in [3.63, 3.8) is 0 Å². The van der Waals surface area contributed by atoms with Crippen LogP contribution in [0, 0.1) is 0 Å². The summed E-state index contributed by atoms with van der Waals surface area (Å²) in [5, 5.41) is 9.68. The average Bonchev–Trinajstić information content (AvgIpc) is 3.35. The second-order valence-electron chi connectivity index (χ2n) is 19.5. The number of likely N-dealkylation sites (N-methyl/N-ethyl adjacent to an activating group) is 1. The lowest BCUT2D eigenvalue weighted by Crippen LogP contribution is -2.40. The molecule has 0 aliphatic rings. The van der Waals surface area contributed by atoms with Gasteiger partial charge in [-0.05, 0) is 103 Å². The molecular weight excluding hydrogens is 899 g/mol. The van der Waals surface area contributed by atoms with Crippen molar-refractivity contribution in [2.24, 2.45) is 0 Å². The molecule has 0 spiro atoms. The summed E-state index contributed by atoms with van der Waals surface area (Å²) in [6, 6.07) is 0. The van der Waals surface area contributed by atoms with Gasteiger partial charge >= 0.3 is 17.9 Å². The number of aliphatic carboxylic acids is 1. The highest BCUT2D eigenvalue weighted by atomic mass is 16.7. The zero-order valence-electron chi connectivity index (χ0n) is 46.3. The molecule has 0 aromatic rings. The van der Waals surface area contributed by atoms with E-state index < -0.39 is 24.3 Å². The fraction of sp³-hybridized carbons (Fsp3) is 0.635. The maximum atomic E-state index is 12.9. The average molecular weight is 1000 g/mol. The molecule has 0 amide bonds. The number of carbonyl (C=O) groups is 3. The highest BCUT2D eigenvalue weighted by Crippen LogP contribution is 2.14. The third-order valence-corrected chi connectivity index (χ3v) is 11.5. The number of carboxylic acids is 1. The first kappa shape index (κ1) is 67.7. The summed E-state index contributed by atoms with van der Waals surface area (Å²) in [6.07, 6.45) is 71.3. The molecule has 0 fully saturated rings. The van der Waals surface area contributed by atoms with Gasteiger partial charge in [0.1, 0.15) is 13.2 Å². The standard InChI is InChI=1S/C63H103NO8/c1-6-8-10-12-14-16-18-20-22-23-24-25-26-27-28-29-30-31-32-33-34-35-36-37-38-39-40-42-44-46-48-50-52-54-61(66)72-59(58-71-63(62(67)68)69-56-55-64(3,4)5)57-70-60(65)53-51-49-47-45-43-41-21-19-17-15-13-11-9-7-2/h8,10,13-16,19-22,24-25,27-28,30-31,33-34,36-37,59,63H,6-7,9,11-12,17-18,23,26,29,32,35,38-58H2,1-5H3/p+1/b10-8-,15-13-,16-14-,21-19-,22-20-,25-24-,28-27-,31-30-,34-33-,37-36-. The van der Waals surface area contributed by atoms with Crippen molar-refractivity contribution in [3.8, 4) is 0 Å². The van der Waals surface area contributed by atoms with Crippen LogP contribution in [-0.4, -0.2) is 87.4 Å². The van der Waals surface area contributed by atoms with E-state index in [-0.39, 0.29) is 38.6 Å². The van der Waals surface area contributed by atoms with Crippen LogP contribution in [0.3, 0.4) is 0 Å². The number of allylic oxidation sites excluding steroid dienone is 20. The topological polar surface area (TPSA) is 108 Å². The van der Waals surface area contributed by atoms with E-state index in [9.17, 15) is 19.5 Å². The highest BCUT2D eigenvalue weighted by molar-refractivity contribution is 5.71. The minimum atomic E-state index is -1.52. The van der Waals surface area contributed by atoms with Crippen LogP contribution in [0.4, 0.5) is 0 Å². The minimum absolute atomic E-state index is 0.177. The van der Waals surface area contributed by atoms with Gasteiger partial charge in [-0.2, -0.15) is 0 Å². The Bertz CT molecular complexity index is 1590. The predicted octanol–water partition coefficient (Wildman–Crippen LogP) is 16.5. The quantitative estimate of drug-likeness (QED) is 0.0211. The second-order valence-corrected chi connectivity index (χ2v) is 19.5. The van der Waals surface area contributed by atoms with Gasteiger partial charge in [0.25, 0.3) is 6.29 Å². The van der Waals surface area contributed by atoms with Crippen LogP contribution in [0.5, 0.6) is 0 Å². The van der Waals surface area contributed by atoms with E-state index >= 15 is 0 Å². The fourth-order valence-electron chi connectivity index (χ4n) is 7.10. The number of quaternary nitrogens is 1. The van der Waals surface area contributed by atoms with Gasteiger partial charge in [0.2, 0.25) is 0 Å². The van der Waals surface area contributed by atoms with E-state index in [1.807, 2.05) is 21.1 Å². The summed E-state index contributed by atoms with van der Waals surface area (Å²) in [6.45, 7) is 4.67. The van der Waals surface area contributed by atoms with E-state index in [0.29, 0.717) is 17.4 Å². The number of hydrogen-bond acceptors (Lipinski definition) is 7.